The van der Waals surface area contributed by atoms with E-state index < -0.39 is 22.5 Å². The van der Waals surface area contributed by atoms with Crippen LogP contribution >= 0.6 is 22.6 Å². The molecule has 0 aliphatic heterocycles. The summed E-state index contributed by atoms with van der Waals surface area (Å²) in [5.41, 5.74) is 4.41. The van der Waals surface area contributed by atoms with Gasteiger partial charge in [-0.1, -0.05) is 48.5 Å². The van der Waals surface area contributed by atoms with Gasteiger partial charge in [0.2, 0.25) is 0 Å². The van der Waals surface area contributed by atoms with Crippen LogP contribution in [0.3, 0.4) is 0 Å². The van der Waals surface area contributed by atoms with Crippen molar-refractivity contribution < 1.29 is 22.7 Å². The predicted octanol–water partition coefficient (Wildman–Crippen LogP) is 4.89. The Bertz CT molecular complexity index is 1620. The van der Waals surface area contributed by atoms with Crippen LogP contribution in [-0.4, -0.2) is 39.6 Å². The Morgan fingerprint density at radius 3 is 2.14 bits per heavy atom. The van der Waals surface area contributed by atoms with Gasteiger partial charge < -0.3 is 10.1 Å². The summed E-state index contributed by atoms with van der Waals surface area (Å²) in [4.78, 5) is 25.1. The van der Waals surface area contributed by atoms with Crippen molar-refractivity contribution in [3.05, 3.63) is 124 Å². The molecule has 0 spiro atoms. The number of hydrazone groups is 1. The average Bonchev–Trinajstić information content (AvgIpc) is 3.01. The lowest BCUT2D eigenvalue weighted by molar-refractivity contribution is -0.123. The summed E-state index contributed by atoms with van der Waals surface area (Å²) >= 11 is 2.12. The first-order chi connectivity index (χ1) is 20.2. The lowest BCUT2D eigenvalue weighted by atomic mass is 10.1. The van der Waals surface area contributed by atoms with E-state index in [9.17, 15) is 18.0 Å². The normalized spacial score (nSPS) is 12.0. The van der Waals surface area contributed by atoms with Crippen molar-refractivity contribution in [2.45, 2.75) is 17.9 Å². The van der Waals surface area contributed by atoms with Crippen LogP contribution in [0.4, 0.5) is 5.69 Å². The fraction of sp³-hybridized carbons (Fsp3) is 0.129. The standard InChI is InChI=1S/C31H29IN4O5S/c1-23(25-8-4-2-5-9-25)34-31(38)22-41-28-18-12-24(13-19-28)20-33-35-30(37)21-36(27-16-14-26(32)15-17-27)42(39,40)29-10-6-3-7-11-29/h2-20,23H,21-22H2,1H3,(H,34,38)(H,35,37)/b33-20-/t23-/m0/s1. The first kappa shape index (κ1) is 30.7. The maximum Gasteiger partial charge on any atom is 0.264 e. The second kappa shape index (κ2) is 14.6. The second-order valence-electron chi connectivity index (χ2n) is 9.15. The van der Waals surface area contributed by atoms with Gasteiger partial charge in [0.1, 0.15) is 12.3 Å². The molecule has 0 saturated carbocycles. The smallest absolute Gasteiger partial charge is 0.264 e. The number of halogens is 1. The summed E-state index contributed by atoms with van der Waals surface area (Å²) in [5.74, 6) is -0.355. The van der Waals surface area contributed by atoms with E-state index >= 15 is 0 Å². The minimum Gasteiger partial charge on any atom is -0.484 e. The molecule has 0 fully saturated rings. The molecule has 2 amide bonds. The number of benzene rings is 4. The SMILES string of the molecule is C[C@H](NC(=O)COc1ccc(/C=N\NC(=O)CN(c2ccc(I)cc2)S(=O)(=O)c2ccccc2)cc1)c1ccccc1. The maximum absolute atomic E-state index is 13.4. The van der Waals surface area contributed by atoms with E-state index in [1.54, 1.807) is 66.7 Å². The number of rotatable bonds is 12. The quantitative estimate of drug-likeness (QED) is 0.124. The minimum atomic E-state index is -4.00. The van der Waals surface area contributed by atoms with Crippen molar-refractivity contribution in [2.24, 2.45) is 5.10 Å². The number of hydrogen-bond acceptors (Lipinski definition) is 6. The average molecular weight is 697 g/mol. The molecule has 0 radical (unpaired) electrons. The molecule has 1 atom stereocenters. The van der Waals surface area contributed by atoms with E-state index in [0.29, 0.717) is 17.0 Å². The Labute approximate surface area is 258 Å². The zero-order valence-electron chi connectivity index (χ0n) is 22.7. The lowest BCUT2D eigenvalue weighted by Crippen LogP contribution is -2.39. The van der Waals surface area contributed by atoms with Gasteiger partial charge in [0, 0.05) is 3.57 Å². The number of hydrogen-bond donors (Lipinski definition) is 2. The maximum atomic E-state index is 13.4. The van der Waals surface area contributed by atoms with Crippen LogP contribution in [0.15, 0.2) is 119 Å². The Kier molecular flexibility index (Phi) is 10.7. The zero-order chi connectivity index (χ0) is 30.0. The molecule has 216 valence electrons. The van der Waals surface area contributed by atoms with Gasteiger partial charge >= 0.3 is 0 Å². The van der Waals surface area contributed by atoms with Gasteiger partial charge in [0.05, 0.1) is 22.8 Å². The molecule has 0 unspecified atom stereocenters. The van der Waals surface area contributed by atoms with Crippen molar-refractivity contribution in [3.63, 3.8) is 0 Å². The van der Waals surface area contributed by atoms with Gasteiger partial charge in [0.15, 0.2) is 6.61 Å². The predicted molar refractivity (Wildman–Crippen MR) is 171 cm³/mol. The highest BCUT2D eigenvalue weighted by atomic mass is 127. The Morgan fingerprint density at radius 2 is 1.50 bits per heavy atom. The Morgan fingerprint density at radius 1 is 0.881 bits per heavy atom. The third kappa shape index (κ3) is 8.63. The highest BCUT2D eigenvalue weighted by molar-refractivity contribution is 14.1. The third-order valence-corrected chi connectivity index (χ3v) is 8.57. The van der Waals surface area contributed by atoms with Crippen LogP contribution in [0, 0.1) is 3.57 Å². The van der Waals surface area contributed by atoms with Gasteiger partial charge in [-0.25, -0.2) is 13.8 Å². The molecule has 9 nitrogen and oxygen atoms in total. The first-order valence-electron chi connectivity index (χ1n) is 12.9. The fourth-order valence-electron chi connectivity index (χ4n) is 3.89. The molecule has 2 N–H and O–H groups in total. The lowest BCUT2D eigenvalue weighted by Gasteiger charge is -2.23. The molecule has 0 aromatic heterocycles. The summed E-state index contributed by atoms with van der Waals surface area (Å²) in [6, 6.07) is 31.1. The highest BCUT2D eigenvalue weighted by Crippen LogP contribution is 2.24. The van der Waals surface area contributed by atoms with Crippen molar-refractivity contribution in [3.8, 4) is 5.75 Å². The monoisotopic (exact) mass is 696 g/mol. The molecule has 0 aliphatic rings. The van der Waals surface area contributed by atoms with Crippen LogP contribution in [-0.2, 0) is 19.6 Å². The third-order valence-electron chi connectivity index (χ3n) is 6.06. The van der Waals surface area contributed by atoms with E-state index in [1.165, 1.54) is 18.3 Å². The number of anilines is 1. The number of sulfonamides is 1. The molecule has 42 heavy (non-hydrogen) atoms. The molecular weight excluding hydrogens is 667 g/mol. The van der Waals surface area contributed by atoms with Crippen LogP contribution in [0.1, 0.15) is 24.1 Å². The highest BCUT2D eigenvalue weighted by Gasteiger charge is 2.27. The largest absolute Gasteiger partial charge is 0.484 e. The van der Waals surface area contributed by atoms with Gasteiger partial charge in [-0.15, -0.1) is 0 Å². The van der Waals surface area contributed by atoms with E-state index in [1.807, 2.05) is 37.3 Å². The van der Waals surface area contributed by atoms with Crippen LogP contribution < -0.4 is 19.8 Å². The van der Waals surface area contributed by atoms with Gasteiger partial charge in [-0.3, -0.25) is 13.9 Å². The summed E-state index contributed by atoms with van der Waals surface area (Å²) in [6.45, 7) is 1.30. The summed E-state index contributed by atoms with van der Waals surface area (Å²) in [5, 5.41) is 6.86. The van der Waals surface area contributed by atoms with E-state index in [-0.39, 0.29) is 23.5 Å². The molecule has 4 aromatic carbocycles. The van der Waals surface area contributed by atoms with Crippen molar-refractivity contribution >= 4 is 56.3 Å². The van der Waals surface area contributed by atoms with Crippen molar-refractivity contribution in [1.29, 1.82) is 0 Å². The fourth-order valence-corrected chi connectivity index (χ4v) is 5.70. The number of carbonyl (C=O) groups excluding carboxylic acids is 2. The molecule has 0 bridgehead atoms. The van der Waals surface area contributed by atoms with Crippen molar-refractivity contribution in [1.82, 2.24) is 10.7 Å². The molecule has 4 aromatic rings. The summed E-state index contributed by atoms with van der Waals surface area (Å²) in [7, 11) is -4.00. The van der Waals surface area contributed by atoms with Gasteiger partial charge in [-0.05, 0) is 101 Å². The number of amides is 2. The summed E-state index contributed by atoms with van der Waals surface area (Å²) in [6.07, 6.45) is 1.43. The van der Waals surface area contributed by atoms with E-state index in [4.69, 9.17) is 4.74 Å². The van der Waals surface area contributed by atoms with E-state index in [0.717, 1.165) is 13.4 Å². The Hall–Kier alpha value is -4.23. The summed E-state index contributed by atoms with van der Waals surface area (Å²) < 4.78 is 34.3. The number of ether oxygens (including phenoxy) is 1. The second-order valence-corrected chi connectivity index (χ2v) is 12.3. The van der Waals surface area contributed by atoms with Crippen LogP contribution in [0.2, 0.25) is 0 Å². The molecule has 0 heterocycles. The van der Waals surface area contributed by atoms with E-state index in [2.05, 4.69) is 38.4 Å². The molecule has 0 aliphatic carbocycles. The topological polar surface area (TPSA) is 117 Å². The van der Waals surface area contributed by atoms with Gasteiger partial charge in [0.25, 0.3) is 21.8 Å². The van der Waals surface area contributed by atoms with Crippen LogP contribution in [0.25, 0.3) is 0 Å². The van der Waals surface area contributed by atoms with Gasteiger partial charge in [-0.2, -0.15) is 5.10 Å². The minimum absolute atomic E-state index is 0.0744. The molecule has 4 rings (SSSR count). The number of nitrogens with zero attached hydrogens (tertiary/aromatic N) is 2. The van der Waals surface area contributed by atoms with Crippen LogP contribution in [0.5, 0.6) is 5.75 Å². The van der Waals surface area contributed by atoms with Crippen molar-refractivity contribution in [2.75, 3.05) is 17.5 Å². The molecule has 0 saturated heterocycles. The number of carbonyl (C=O) groups is 2. The first-order valence-corrected chi connectivity index (χ1v) is 15.5. The molecular formula is C31H29IN4O5S. The molecule has 11 heteroatoms. The Balaban J connectivity index is 1.32. The number of nitrogens with one attached hydrogen (secondary N) is 2. The zero-order valence-corrected chi connectivity index (χ0v) is 25.7.